The van der Waals surface area contributed by atoms with Gasteiger partial charge >= 0.3 is 0 Å². The van der Waals surface area contributed by atoms with E-state index in [1.54, 1.807) is 12.1 Å². The van der Waals surface area contributed by atoms with E-state index < -0.39 is 5.91 Å². The summed E-state index contributed by atoms with van der Waals surface area (Å²) >= 11 is 0. The zero-order chi connectivity index (χ0) is 16.1. The fourth-order valence-corrected chi connectivity index (χ4v) is 2.17. The van der Waals surface area contributed by atoms with Crippen LogP contribution >= 0.6 is 0 Å². The number of benzene rings is 2. The molecular weight excluding hydrogens is 276 g/mol. The molecule has 0 unspecified atom stereocenters. The lowest BCUT2D eigenvalue weighted by Gasteiger charge is -2.07. The second kappa shape index (κ2) is 7.07. The van der Waals surface area contributed by atoms with Crippen LogP contribution in [-0.2, 0) is 0 Å². The zero-order valence-electron chi connectivity index (χ0n) is 13.3. The first-order chi connectivity index (χ1) is 10.5. The normalized spacial score (nSPS) is 11.9. The van der Waals surface area contributed by atoms with Crippen LogP contribution in [0.25, 0.3) is 10.8 Å². The van der Waals surface area contributed by atoms with Gasteiger partial charge in [0.15, 0.2) is 0 Å². The highest BCUT2D eigenvalue weighted by Gasteiger charge is 2.12. The Labute approximate surface area is 130 Å². The first kappa shape index (κ1) is 16.0. The second-order valence-electron chi connectivity index (χ2n) is 5.94. The molecule has 0 heterocycles. The third-order valence-corrected chi connectivity index (χ3v) is 3.54. The number of carbonyl (C=O) groups excluding carboxylic acids is 1. The second-order valence-corrected chi connectivity index (χ2v) is 5.94. The monoisotopic (exact) mass is 298 g/mol. The molecule has 0 aliphatic heterocycles. The highest BCUT2D eigenvalue weighted by molar-refractivity contribution is 6.01. The van der Waals surface area contributed by atoms with Crippen LogP contribution in [-0.4, -0.2) is 16.7 Å². The van der Waals surface area contributed by atoms with E-state index in [0.717, 1.165) is 29.3 Å². The van der Waals surface area contributed by atoms with Crippen molar-refractivity contribution in [2.24, 2.45) is 11.0 Å². The fraction of sp³-hybridized carbons (Fsp3) is 0.333. The highest BCUT2D eigenvalue weighted by atomic mass is 16.3. The average Bonchev–Trinajstić information content (AvgIpc) is 2.49. The molecule has 2 aromatic carbocycles. The molecule has 0 radical (unpaired) electrons. The Morgan fingerprint density at radius 1 is 1.23 bits per heavy atom. The van der Waals surface area contributed by atoms with Crippen molar-refractivity contribution in [2.45, 2.75) is 33.6 Å². The number of phenolic OH excluding ortho intramolecular Hbond substituents is 1. The van der Waals surface area contributed by atoms with Gasteiger partial charge in [-0.3, -0.25) is 4.79 Å². The zero-order valence-corrected chi connectivity index (χ0v) is 13.3. The van der Waals surface area contributed by atoms with Gasteiger partial charge in [0.1, 0.15) is 5.75 Å². The molecule has 4 heteroatoms. The smallest absolute Gasteiger partial charge is 0.275 e. The van der Waals surface area contributed by atoms with Gasteiger partial charge in [0, 0.05) is 5.71 Å². The molecule has 0 saturated heterocycles. The molecule has 0 aliphatic rings. The van der Waals surface area contributed by atoms with Gasteiger partial charge in [-0.1, -0.05) is 38.1 Å². The number of hydrazone groups is 1. The largest absolute Gasteiger partial charge is 0.507 e. The topological polar surface area (TPSA) is 61.7 Å². The number of nitrogens with one attached hydrogen (secondary N) is 1. The van der Waals surface area contributed by atoms with Gasteiger partial charge in [0.2, 0.25) is 0 Å². The minimum atomic E-state index is -0.396. The Kier molecular flexibility index (Phi) is 5.15. The van der Waals surface area contributed by atoms with Crippen LogP contribution in [0.3, 0.4) is 0 Å². The minimum absolute atomic E-state index is 0.0359. The van der Waals surface area contributed by atoms with E-state index in [1.165, 1.54) is 0 Å². The Hall–Kier alpha value is -2.36. The molecule has 22 heavy (non-hydrogen) atoms. The van der Waals surface area contributed by atoms with Crippen LogP contribution in [0.1, 0.15) is 44.0 Å². The number of aromatic hydroxyl groups is 1. The highest BCUT2D eigenvalue weighted by Crippen LogP contribution is 2.24. The maximum absolute atomic E-state index is 12.2. The molecule has 0 fully saturated rings. The van der Waals surface area contributed by atoms with Crippen LogP contribution in [0.5, 0.6) is 5.75 Å². The van der Waals surface area contributed by atoms with Gasteiger partial charge in [0.05, 0.1) is 5.56 Å². The summed E-state index contributed by atoms with van der Waals surface area (Å²) in [6, 6.07) is 10.9. The maximum Gasteiger partial charge on any atom is 0.275 e. The summed E-state index contributed by atoms with van der Waals surface area (Å²) in [7, 11) is 0. The average molecular weight is 298 g/mol. The van der Waals surface area contributed by atoms with Gasteiger partial charge < -0.3 is 5.11 Å². The van der Waals surface area contributed by atoms with Crippen molar-refractivity contribution in [1.29, 1.82) is 0 Å². The molecule has 0 spiro atoms. The third kappa shape index (κ3) is 4.07. The summed E-state index contributed by atoms with van der Waals surface area (Å²) in [5.41, 5.74) is 3.63. The summed E-state index contributed by atoms with van der Waals surface area (Å²) in [6.45, 7) is 6.20. The number of hydrogen-bond acceptors (Lipinski definition) is 3. The molecule has 2 aromatic rings. The lowest BCUT2D eigenvalue weighted by atomic mass is 10.1. The van der Waals surface area contributed by atoms with Crippen molar-refractivity contribution < 1.29 is 9.90 Å². The molecule has 116 valence electrons. The molecule has 0 bridgehead atoms. The maximum atomic E-state index is 12.2. The molecule has 0 atom stereocenters. The molecule has 0 aliphatic carbocycles. The van der Waals surface area contributed by atoms with Crippen LogP contribution in [0, 0.1) is 5.92 Å². The van der Waals surface area contributed by atoms with E-state index in [1.807, 2.05) is 31.2 Å². The molecular formula is C18H22N2O2. The predicted molar refractivity (Wildman–Crippen MR) is 90.3 cm³/mol. The fourth-order valence-electron chi connectivity index (χ4n) is 2.17. The van der Waals surface area contributed by atoms with Crippen molar-refractivity contribution in [3.63, 3.8) is 0 Å². The van der Waals surface area contributed by atoms with Gasteiger partial charge in [-0.15, -0.1) is 0 Å². The van der Waals surface area contributed by atoms with Crippen molar-refractivity contribution in [1.82, 2.24) is 5.43 Å². The Morgan fingerprint density at radius 2 is 1.86 bits per heavy atom. The predicted octanol–water partition coefficient (Wildman–Crippen LogP) is 4.09. The SMILES string of the molecule is C/C(CCC(C)C)=N/NC(=O)c1cc2ccccc2cc1O. The number of fused-ring (bicyclic) bond motifs is 1. The number of hydrogen-bond donors (Lipinski definition) is 2. The van der Waals surface area contributed by atoms with Gasteiger partial charge in [-0.05, 0) is 48.6 Å². The number of carbonyl (C=O) groups is 1. The van der Waals surface area contributed by atoms with Crippen molar-refractivity contribution >= 4 is 22.4 Å². The molecule has 4 nitrogen and oxygen atoms in total. The summed E-state index contributed by atoms with van der Waals surface area (Å²) < 4.78 is 0. The Balaban J connectivity index is 2.12. The summed E-state index contributed by atoms with van der Waals surface area (Å²) in [5.74, 6) is 0.170. The summed E-state index contributed by atoms with van der Waals surface area (Å²) in [5, 5.41) is 15.9. The van der Waals surface area contributed by atoms with E-state index >= 15 is 0 Å². The van der Waals surface area contributed by atoms with Crippen LogP contribution in [0.4, 0.5) is 0 Å². The Morgan fingerprint density at radius 3 is 2.50 bits per heavy atom. The van der Waals surface area contributed by atoms with Gasteiger partial charge in [0.25, 0.3) is 5.91 Å². The quantitative estimate of drug-likeness (QED) is 0.645. The van der Waals surface area contributed by atoms with Crippen LogP contribution in [0.2, 0.25) is 0 Å². The lowest BCUT2D eigenvalue weighted by Crippen LogP contribution is -2.19. The van der Waals surface area contributed by atoms with E-state index in [4.69, 9.17) is 0 Å². The number of phenols is 1. The summed E-state index contributed by atoms with van der Waals surface area (Å²) in [4.78, 5) is 12.2. The molecule has 0 aromatic heterocycles. The number of amides is 1. The number of nitrogens with zero attached hydrogens (tertiary/aromatic N) is 1. The van der Waals surface area contributed by atoms with Gasteiger partial charge in [-0.25, -0.2) is 5.43 Å². The van der Waals surface area contributed by atoms with Crippen molar-refractivity contribution in [2.75, 3.05) is 0 Å². The third-order valence-electron chi connectivity index (χ3n) is 3.54. The Bertz CT molecular complexity index is 705. The van der Waals surface area contributed by atoms with E-state index in [9.17, 15) is 9.90 Å². The summed E-state index contributed by atoms with van der Waals surface area (Å²) in [6.07, 6.45) is 1.88. The van der Waals surface area contributed by atoms with E-state index in [-0.39, 0.29) is 11.3 Å². The van der Waals surface area contributed by atoms with Crippen LogP contribution < -0.4 is 5.43 Å². The molecule has 2 N–H and O–H groups in total. The van der Waals surface area contributed by atoms with Crippen LogP contribution in [0.15, 0.2) is 41.5 Å². The minimum Gasteiger partial charge on any atom is -0.507 e. The van der Waals surface area contributed by atoms with Crippen molar-refractivity contribution in [3.05, 3.63) is 42.0 Å². The van der Waals surface area contributed by atoms with E-state index in [0.29, 0.717) is 5.92 Å². The lowest BCUT2D eigenvalue weighted by molar-refractivity contribution is 0.0952. The van der Waals surface area contributed by atoms with Crippen molar-refractivity contribution in [3.8, 4) is 5.75 Å². The molecule has 2 rings (SSSR count). The number of rotatable bonds is 5. The van der Waals surface area contributed by atoms with Gasteiger partial charge in [-0.2, -0.15) is 5.10 Å². The molecule has 1 amide bonds. The van der Waals surface area contributed by atoms with E-state index in [2.05, 4.69) is 24.4 Å². The molecule has 0 saturated carbocycles. The first-order valence-corrected chi connectivity index (χ1v) is 7.52. The first-order valence-electron chi connectivity index (χ1n) is 7.52. The standard InChI is InChI=1S/C18H22N2O2/c1-12(2)8-9-13(3)19-20-18(22)16-10-14-6-4-5-7-15(14)11-17(16)21/h4-7,10-12,21H,8-9H2,1-3H3,(H,20,22)/b19-13-.